The molecule has 0 amide bonds. The Hall–Kier alpha value is -2.55. The highest BCUT2D eigenvalue weighted by atomic mass is 16.5. The van der Waals surface area contributed by atoms with Gasteiger partial charge in [0.2, 0.25) is 0 Å². The van der Waals surface area contributed by atoms with Gasteiger partial charge in [0.05, 0.1) is 5.52 Å². The Morgan fingerprint density at radius 1 is 1.00 bits per heavy atom. The van der Waals surface area contributed by atoms with Crippen molar-refractivity contribution in [3.05, 3.63) is 66.4 Å². The van der Waals surface area contributed by atoms with Gasteiger partial charge in [-0.3, -0.25) is 4.98 Å². The van der Waals surface area contributed by atoms with Gasteiger partial charge in [-0.25, -0.2) is 0 Å². The molecule has 1 heterocycles. The van der Waals surface area contributed by atoms with Crippen molar-refractivity contribution in [2.24, 2.45) is 0 Å². The highest BCUT2D eigenvalue weighted by molar-refractivity contribution is 5.81. The average molecular weight is 250 g/mol. The van der Waals surface area contributed by atoms with Crippen LogP contribution in [0.5, 0.6) is 5.75 Å². The van der Waals surface area contributed by atoms with Crippen LogP contribution in [0.15, 0.2) is 60.8 Å². The zero-order chi connectivity index (χ0) is 13.1. The standard InChI is InChI=1S/C16H14N2O/c17-13-4-3-5-14(10-13)19-11-12-8-9-18-16-7-2-1-6-15(12)16/h1-10H,11,17H2. The number of ether oxygens (including phenoxy) is 1. The quantitative estimate of drug-likeness (QED) is 0.725. The third-order valence-corrected chi connectivity index (χ3v) is 2.99. The van der Waals surface area contributed by atoms with Crippen LogP contribution in [-0.4, -0.2) is 4.98 Å². The lowest BCUT2D eigenvalue weighted by Gasteiger charge is -2.09. The Balaban J connectivity index is 1.86. The van der Waals surface area contributed by atoms with E-state index in [1.54, 1.807) is 6.20 Å². The number of hydrogen-bond acceptors (Lipinski definition) is 3. The number of nitrogens with zero attached hydrogens (tertiary/aromatic N) is 1. The molecule has 0 spiro atoms. The fourth-order valence-electron chi connectivity index (χ4n) is 2.05. The van der Waals surface area contributed by atoms with Crippen molar-refractivity contribution in [1.82, 2.24) is 4.98 Å². The summed E-state index contributed by atoms with van der Waals surface area (Å²) in [7, 11) is 0. The van der Waals surface area contributed by atoms with E-state index < -0.39 is 0 Å². The zero-order valence-corrected chi connectivity index (χ0v) is 10.4. The molecule has 0 fully saturated rings. The van der Waals surface area contributed by atoms with Gasteiger partial charge in [-0.2, -0.15) is 0 Å². The average Bonchev–Trinajstić information content (AvgIpc) is 2.45. The first-order chi connectivity index (χ1) is 9.33. The molecule has 3 rings (SSSR count). The Labute approximate surface area is 111 Å². The largest absolute Gasteiger partial charge is 0.489 e. The number of fused-ring (bicyclic) bond motifs is 1. The molecule has 0 aliphatic heterocycles. The Bertz CT molecular complexity index is 704. The van der Waals surface area contributed by atoms with Crippen LogP contribution in [-0.2, 0) is 6.61 Å². The third-order valence-electron chi connectivity index (χ3n) is 2.99. The summed E-state index contributed by atoms with van der Waals surface area (Å²) < 4.78 is 5.77. The van der Waals surface area contributed by atoms with Crippen molar-refractivity contribution >= 4 is 16.6 Å². The molecule has 0 saturated heterocycles. The summed E-state index contributed by atoms with van der Waals surface area (Å²) in [5, 5.41) is 1.12. The number of nitrogens with two attached hydrogens (primary N) is 1. The molecule has 2 N–H and O–H groups in total. The topological polar surface area (TPSA) is 48.1 Å². The minimum absolute atomic E-state index is 0.506. The lowest BCUT2D eigenvalue weighted by molar-refractivity contribution is 0.308. The van der Waals surface area contributed by atoms with E-state index in [-0.39, 0.29) is 0 Å². The van der Waals surface area contributed by atoms with E-state index >= 15 is 0 Å². The minimum Gasteiger partial charge on any atom is -0.489 e. The second-order valence-corrected chi connectivity index (χ2v) is 4.35. The lowest BCUT2D eigenvalue weighted by atomic mass is 10.1. The van der Waals surface area contributed by atoms with Crippen LogP contribution in [0.2, 0.25) is 0 Å². The van der Waals surface area contributed by atoms with Gasteiger partial charge in [-0.15, -0.1) is 0 Å². The van der Waals surface area contributed by atoms with Crippen LogP contribution >= 0.6 is 0 Å². The number of nitrogen functional groups attached to an aromatic ring is 1. The van der Waals surface area contributed by atoms with Gasteiger partial charge in [-0.1, -0.05) is 24.3 Å². The lowest BCUT2D eigenvalue weighted by Crippen LogP contribution is -1.97. The fourth-order valence-corrected chi connectivity index (χ4v) is 2.05. The van der Waals surface area contributed by atoms with E-state index in [1.807, 2.05) is 48.5 Å². The number of aromatic nitrogens is 1. The van der Waals surface area contributed by atoms with Crippen LogP contribution in [0.3, 0.4) is 0 Å². The molecule has 94 valence electrons. The van der Waals surface area contributed by atoms with Crippen molar-refractivity contribution in [2.45, 2.75) is 6.61 Å². The highest BCUT2D eigenvalue weighted by Crippen LogP contribution is 2.20. The van der Waals surface area contributed by atoms with Gasteiger partial charge in [0.15, 0.2) is 0 Å². The minimum atomic E-state index is 0.506. The molecule has 3 nitrogen and oxygen atoms in total. The number of anilines is 1. The number of benzene rings is 2. The summed E-state index contributed by atoms with van der Waals surface area (Å²) in [5.74, 6) is 0.779. The molecule has 0 radical (unpaired) electrons. The smallest absolute Gasteiger partial charge is 0.121 e. The summed E-state index contributed by atoms with van der Waals surface area (Å²) in [6.45, 7) is 0.506. The molecular weight excluding hydrogens is 236 g/mol. The fraction of sp³-hybridized carbons (Fsp3) is 0.0625. The summed E-state index contributed by atoms with van der Waals surface area (Å²) >= 11 is 0. The summed E-state index contributed by atoms with van der Waals surface area (Å²) in [6.07, 6.45) is 1.81. The normalized spacial score (nSPS) is 10.5. The number of hydrogen-bond donors (Lipinski definition) is 1. The summed E-state index contributed by atoms with van der Waals surface area (Å²) in [5.41, 5.74) is 8.53. The van der Waals surface area contributed by atoms with Crippen LogP contribution in [0.1, 0.15) is 5.56 Å². The molecule has 0 atom stereocenters. The predicted molar refractivity (Wildman–Crippen MR) is 76.9 cm³/mol. The van der Waals surface area contributed by atoms with Crippen molar-refractivity contribution in [2.75, 3.05) is 5.73 Å². The van der Waals surface area contributed by atoms with Gasteiger partial charge in [0, 0.05) is 28.9 Å². The van der Waals surface area contributed by atoms with E-state index in [0.717, 1.165) is 22.2 Å². The molecule has 0 bridgehead atoms. The molecule has 1 aromatic heterocycles. The monoisotopic (exact) mass is 250 g/mol. The van der Waals surface area contributed by atoms with E-state index in [4.69, 9.17) is 10.5 Å². The van der Waals surface area contributed by atoms with Gasteiger partial charge < -0.3 is 10.5 Å². The number of pyridine rings is 1. The molecule has 0 aliphatic rings. The van der Waals surface area contributed by atoms with E-state index in [0.29, 0.717) is 12.3 Å². The van der Waals surface area contributed by atoms with Crippen molar-refractivity contribution in [3.8, 4) is 5.75 Å². The Morgan fingerprint density at radius 2 is 1.89 bits per heavy atom. The second-order valence-electron chi connectivity index (χ2n) is 4.35. The van der Waals surface area contributed by atoms with E-state index in [1.165, 1.54) is 0 Å². The van der Waals surface area contributed by atoms with Crippen molar-refractivity contribution in [3.63, 3.8) is 0 Å². The van der Waals surface area contributed by atoms with Crippen LogP contribution in [0.4, 0.5) is 5.69 Å². The first-order valence-corrected chi connectivity index (χ1v) is 6.14. The maximum absolute atomic E-state index is 5.77. The van der Waals surface area contributed by atoms with E-state index in [9.17, 15) is 0 Å². The Kier molecular flexibility index (Phi) is 3.02. The third kappa shape index (κ3) is 2.50. The van der Waals surface area contributed by atoms with E-state index in [2.05, 4.69) is 11.1 Å². The van der Waals surface area contributed by atoms with Gasteiger partial charge >= 0.3 is 0 Å². The number of rotatable bonds is 3. The molecule has 19 heavy (non-hydrogen) atoms. The summed E-state index contributed by atoms with van der Waals surface area (Å²) in [4.78, 5) is 4.34. The predicted octanol–water partition coefficient (Wildman–Crippen LogP) is 3.40. The molecule has 0 saturated carbocycles. The first kappa shape index (κ1) is 11.5. The first-order valence-electron chi connectivity index (χ1n) is 6.14. The zero-order valence-electron chi connectivity index (χ0n) is 10.4. The molecule has 3 heteroatoms. The van der Waals surface area contributed by atoms with Crippen molar-refractivity contribution in [1.29, 1.82) is 0 Å². The van der Waals surface area contributed by atoms with Crippen LogP contribution < -0.4 is 10.5 Å². The molecular formula is C16H14N2O. The Morgan fingerprint density at radius 3 is 2.79 bits per heavy atom. The van der Waals surface area contributed by atoms with Crippen LogP contribution in [0.25, 0.3) is 10.9 Å². The van der Waals surface area contributed by atoms with Gasteiger partial charge in [0.25, 0.3) is 0 Å². The maximum atomic E-state index is 5.77. The SMILES string of the molecule is Nc1cccc(OCc2ccnc3ccccc23)c1. The van der Waals surface area contributed by atoms with Gasteiger partial charge in [-0.05, 0) is 24.3 Å². The van der Waals surface area contributed by atoms with Crippen molar-refractivity contribution < 1.29 is 4.74 Å². The molecule has 0 aliphatic carbocycles. The maximum Gasteiger partial charge on any atom is 0.121 e. The second kappa shape index (κ2) is 4.98. The molecule has 3 aromatic rings. The molecule has 2 aromatic carbocycles. The summed E-state index contributed by atoms with van der Waals surface area (Å²) in [6, 6.07) is 17.5. The number of para-hydroxylation sites is 1. The van der Waals surface area contributed by atoms with Crippen LogP contribution in [0, 0.1) is 0 Å². The van der Waals surface area contributed by atoms with Gasteiger partial charge in [0.1, 0.15) is 12.4 Å². The molecule has 0 unspecified atom stereocenters. The highest BCUT2D eigenvalue weighted by Gasteiger charge is 2.02.